The summed E-state index contributed by atoms with van der Waals surface area (Å²) in [6.45, 7) is 3.90. The van der Waals surface area contributed by atoms with E-state index in [1.807, 2.05) is 31.4 Å². The molecule has 3 heterocycles. The number of H-pyrrole nitrogens is 1. The van der Waals surface area contributed by atoms with Crippen molar-refractivity contribution in [2.75, 3.05) is 5.32 Å². The van der Waals surface area contributed by atoms with Crippen LogP contribution in [0.4, 0.5) is 5.82 Å². The maximum absolute atomic E-state index is 12.8. The van der Waals surface area contributed by atoms with Gasteiger partial charge in [0.1, 0.15) is 11.5 Å². The number of hydrogen-bond acceptors (Lipinski definition) is 5. The molecule has 0 aliphatic heterocycles. The molecule has 1 amide bonds. The van der Waals surface area contributed by atoms with Crippen molar-refractivity contribution in [3.8, 4) is 16.5 Å². The van der Waals surface area contributed by atoms with E-state index in [2.05, 4.69) is 20.4 Å². The molecular weight excluding hydrogens is 422 g/mol. The Morgan fingerprint density at radius 3 is 2.70 bits per heavy atom. The number of halogens is 1. The van der Waals surface area contributed by atoms with E-state index in [4.69, 9.17) is 11.6 Å². The number of hydrogen-bond donors (Lipinski definition) is 2. The number of anilines is 1. The number of amides is 1. The molecule has 152 valence electrons. The van der Waals surface area contributed by atoms with Crippen molar-refractivity contribution in [2.45, 2.75) is 19.8 Å². The van der Waals surface area contributed by atoms with Gasteiger partial charge in [-0.15, -0.1) is 11.3 Å². The van der Waals surface area contributed by atoms with Crippen LogP contribution < -0.4 is 10.9 Å². The van der Waals surface area contributed by atoms with Gasteiger partial charge in [0, 0.05) is 12.1 Å². The van der Waals surface area contributed by atoms with E-state index in [1.54, 1.807) is 30.3 Å². The van der Waals surface area contributed by atoms with Gasteiger partial charge in [0.2, 0.25) is 5.95 Å². The summed E-state index contributed by atoms with van der Waals surface area (Å²) >= 11 is 7.68. The fourth-order valence-corrected chi connectivity index (χ4v) is 3.77. The topological polar surface area (TPSA) is 92.7 Å². The monoisotopic (exact) mass is 439 g/mol. The van der Waals surface area contributed by atoms with Crippen molar-refractivity contribution in [3.05, 3.63) is 80.5 Å². The molecule has 0 atom stereocenters. The van der Waals surface area contributed by atoms with Gasteiger partial charge < -0.3 is 5.32 Å². The molecule has 1 aromatic carbocycles. The Balaban J connectivity index is 1.81. The van der Waals surface area contributed by atoms with Crippen molar-refractivity contribution < 1.29 is 4.79 Å². The zero-order chi connectivity index (χ0) is 21.3. The molecule has 9 heteroatoms. The Morgan fingerprint density at radius 2 is 2.00 bits per heavy atom. The predicted octanol–water partition coefficient (Wildman–Crippen LogP) is 4.71. The van der Waals surface area contributed by atoms with E-state index < -0.39 is 0 Å². The summed E-state index contributed by atoms with van der Waals surface area (Å²) in [6.07, 6.45) is 0. The number of benzene rings is 1. The van der Waals surface area contributed by atoms with E-state index in [-0.39, 0.29) is 23.3 Å². The molecule has 0 aliphatic rings. The number of carbonyl (C=O) groups is 1. The molecule has 0 radical (unpaired) electrons. The average molecular weight is 440 g/mol. The third-order valence-electron chi connectivity index (χ3n) is 4.38. The van der Waals surface area contributed by atoms with Gasteiger partial charge in [-0.2, -0.15) is 9.78 Å². The second-order valence-electron chi connectivity index (χ2n) is 6.89. The van der Waals surface area contributed by atoms with Crippen LogP contribution in [0.15, 0.2) is 58.7 Å². The van der Waals surface area contributed by atoms with E-state index in [0.717, 1.165) is 4.88 Å². The van der Waals surface area contributed by atoms with Crippen molar-refractivity contribution >= 4 is 34.7 Å². The summed E-state index contributed by atoms with van der Waals surface area (Å²) in [5, 5.41) is 9.70. The molecule has 0 saturated carbocycles. The highest BCUT2D eigenvalue weighted by Crippen LogP contribution is 2.28. The van der Waals surface area contributed by atoms with E-state index >= 15 is 0 Å². The number of aromatic nitrogens is 4. The predicted molar refractivity (Wildman–Crippen MR) is 119 cm³/mol. The first-order chi connectivity index (χ1) is 14.4. The minimum Gasteiger partial charge on any atom is -0.306 e. The number of nitrogens with zero attached hydrogens (tertiary/aromatic N) is 3. The second-order valence-corrected chi connectivity index (χ2v) is 8.24. The first-order valence-corrected chi connectivity index (χ1v) is 10.5. The summed E-state index contributed by atoms with van der Waals surface area (Å²) in [6, 6.07) is 13.8. The van der Waals surface area contributed by atoms with Gasteiger partial charge in [-0.3, -0.25) is 14.6 Å². The number of rotatable bonds is 5. The number of nitrogens with one attached hydrogen (secondary N) is 2. The van der Waals surface area contributed by atoms with Gasteiger partial charge in [-0.1, -0.05) is 43.6 Å². The highest BCUT2D eigenvalue weighted by atomic mass is 35.5. The Bertz CT molecular complexity index is 1260. The van der Waals surface area contributed by atoms with Crippen LogP contribution in [0.1, 0.15) is 35.8 Å². The SMILES string of the molecule is CC(C)c1cc(=O)[nH]c(-n2nc(-c3cccs3)cc2NC(=O)c2ccccc2Cl)n1. The molecule has 0 spiro atoms. The van der Waals surface area contributed by atoms with Crippen LogP contribution in [-0.2, 0) is 0 Å². The summed E-state index contributed by atoms with van der Waals surface area (Å²) in [5.74, 6) is 0.261. The van der Waals surface area contributed by atoms with Crippen molar-refractivity contribution in [1.29, 1.82) is 0 Å². The summed E-state index contributed by atoms with van der Waals surface area (Å²) < 4.78 is 1.43. The number of thiophene rings is 1. The molecule has 0 aliphatic carbocycles. The van der Waals surface area contributed by atoms with Crippen molar-refractivity contribution in [3.63, 3.8) is 0 Å². The Labute approximate surface area is 181 Å². The summed E-state index contributed by atoms with van der Waals surface area (Å²) in [5.41, 5.74) is 1.32. The van der Waals surface area contributed by atoms with Crippen LogP contribution in [0.5, 0.6) is 0 Å². The standard InChI is InChI=1S/C21H18ClN5O2S/c1-12(2)15-11-19(28)25-21(23-15)27-18(10-16(26-27)17-8-5-9-30-17)24-20(29)13-6-3-4-7-14(13)22/h3-12H,1-2H3,(H,24,29)(H,23,25,28). The van der Waals surface area contributed by atoms with Crippen molar-refractivity contribution in [2.24, 2.45) is 0 Å². The molecule has 0 saturated heterocycles. The third-order valence-corrected chi connectivity index (χ3v) is 5.61. The van der Waals surface area contributed by atoms with E-state index in [1.165, 1.54) is 22.1 Å². The lowest BCUT2D eigenvalue weighted by atomic mass is 10.1. The maximum Gasteiger partial charge on any atom is 0.258 e. The highest BCUT2D eigenvalue weighted by Gasteiger charge is 2.18. The lowest BCUT2D eigenvalue weighted by Gasteiger charge is -2.10. The second kappa shape index (κ2) is 8.25. The summed E-state index contributed by atoms with van der Waals surface area (Å²) in [7, 11) is 0. The smallest absolute Gasteiger partial charge is 0.258 e. The number of carbonyl (C=O) groups excluding carboxylic acids is 1. The quantitative estimate of drug-likeness (QED) is 0.470. The number of aromatic amines is 1. The Morgan fingerprint density at radius 1 is 1.20 bits per heavy atom. The molecule has 3 aromatic heterocycles. The van der Waals surface area contributed by atoms with Crippen LogP contribution in [0.25, 0.3) is 16.5 Å². The van der Waals surface area contributed by atoms with Crippen LogP contribution >= 0.6 is 22.9 Å². The molecule has 4 rings (SSSR count). The average Bonchev–Trinajstić information content (AvgIpc) is 3.37. The summed E-state index contributed by atoms with van der Waals surface area (Å²) in [4.78, 5) is 33.2. The molecule has 30 heavy (non-hydrogen) atoms. The van der Waals surface area contributed by atoms with Gasteiger partial charge in [-0.05, 0) is 29.5 Å². The largest absolute Gasteiger partial charge is 0.306 e. The van der Waals surface area contributed by atoms with Gasteiger partial charge >= 0.3 is 0 Å². The van der Waals surface area contributed by atoms with Gasteiger partial charge in [0.05, 0.1) is 21.2 Å². The zero-order valence-corrected chi connectivity index (χ0v) is 17.8. The van der Waals surface area contributed by atoms with E-state index in [9.17, 15) is 9.59 Å². The highest BCUT2D eigenvalue weighted by molar-refractivity contribution is 7.13. The zero-order valence-electron chi connectivity index (χ0n) is 16.2. The van der Waals surface area contributed by atoms with Gasteiger partial charge in [0.15, 0.2) is 0 Å². The first-order valence-electron chi connectivity index (χ1n) is 9.24. The van der Waals surface area contributed by atoms with Gasteiger partial charge in [-0.25, -0.2) is 4.98 Å². The van der Waals surface area contributed by atoms with Crippen LogP contribution in [-0.4, -0.2) is 25.7 Å². The van der Waals surface area contributed by atoms with Crippen LogP contribution in [0.2, 0.25) is 5.02 Å². The molecule has 0 bridgehead atoms. The fourth-order valence-electron chi connectivity index (χ4n) is 2.86. The molecule has 2 N–H and O–H groups in total. The molecule has 0 fully saturated rings. The molecule has 7 nitrogen and oxygen atoms in total. The first kappa shape index (κ1) is 20.1. The molecule has 4 aromatic rings. The lowest BCUT2D eigenvalue weighted by molar-refractivity contribution is 0.102. The van der Waals surface area contributed by atoms with Gasteiger partial charge in [0.25, 0.3) is 11.5 Å². The molecule has 0 unspecified atom stereocenters. The third kappa shape index (κ3) is 4.05. The maximum atomic E-state index is 12.8. The molecular formula is C21H18ClN5O2S. The minimum absolute atomic E-state index is 0.0551. The van der Waals surface area contributed by atoms with E-state index in [0.29, 0.717) is 27.8 Å². The lowest BCUT2D eigenvalue weighted by Crippen LogP contribution is -2.19. The normalized spacial score (nSPS) is 11.1. The van der Waals surface area contributed by atoms with Crippen LogP contribution in [0, 0.1) is 0 Å². The van der Waals surface area contributed by atoms with Crippen LogP contribution in [0.3, 0.4) is 0 Å². The fraction of sp³-hybridized carbons (Fsp3) is 0.143. The Kier molecular flexibility index (Phi) is 5.52. The Hall–Kier alpha value is -3.23. The minimum atomic E-state index is -0.387. The van der Waals surface area contributed by atoms with Crippen molar-refractivity contribution in [1.82, 2.24) is 19.7 Å².